The lowest BCUT2D eigenvalue weighted by molar-refractivity contribution is -0.144. The van der Waals surface area contributed by atoms with Gasteiger partial charge in [0, 0.05) is 17.1 Å². The SMILES string of the molecule is C#Cc1ccccc1C(C(=O)NC(C)(C)C)N(C(=O)C(CO)NC(=O)OC(C)(C)C)C1CC1. The Bertz CT molecular complexity index is 919. The zero-order valence-electron chi connectivity index (χ0n) is 20.3. The molecule has 1 aromatic carbocycles. The molecule has 2 unspecified atom stereocenters. The number of hydrogen-bond acceptors (Lipinski definition) is 5. The molecule has 3 N–H and O–H groups in total. The van der Waals surface area contributed by atoms with Gasteiger partial charge in [0.25, 0.3) is 0 Å². The smallest absolute Gasteiger partial charge is 0.408 e. The highest BCUT2D eigenvalue weighted by atomic mass is 16.6. The first-order valence-electron chi connectivity index (χ1n) is 11.1. The van der Waals surface area contributed by atoms with Crippen LogP contribution in [0.2, 0.25) is 0 Å². The minimum absolute atomic E-state index is 0.214. The van der Waals surface area contributed by atoms with Crippen LogP contribution in [0.15, 0.2) is 24.3 Å². The number of aliphatic hydroxyl groups is 1. The van der Waals surface area contributed by atoms with Crippen molar-refractivity contribution in [3.63, 3.8) is 0 Å². The van der Waals surface area contributed by atoms with Crippen LogP contribution in [0.5, 0.6) is 0 Å². The number of terminal acetylenes is 1. The molecule has 3 amide bonds. The van der Waals surface area contributed by atoms with Crippen molar-refractivity contribution >= 4 is 17.9 Å². The molecule has 1 saturated carbocycles. The predicted molar refractivity (Wildman–Crippen MR) is 125 cm³/mol. The predicted octanol–water partition coefficient (Wildman–Crippen LogP) is 2.50. The summed E-state index contributed by atoms with van der Waals surface area (Å²) >= 11 is 0. The minimum Gasteiger partial charge on any atom is -0.444 e. The van der Waals surface area contributed by atoms with Crippen LogP contribution in [-0.2, 0) is 14.3 Å². The summed E-state index contributed by atoms with van der Waals surface area (Å²) in [4.78, 5) is 40.8. The molecular formula is C25H35N3O5. The second-order valence-corrected chi connectivity index (χ2v) is 10.2. The van der Waals surface area contributed by atoms with E-state index in [0.29, 0.717) is 24.0 Å². The lowest BCUT2D eigenvalue weighted by Gasteiger charge is -2.36. The Hall–Kier alpha value is -3.05. The largest absolute Gasteiger partial charge is 0.444 e. The van der Waals surface area contributed by atoms with Gasteiger partial charge in [-0.1, -0.05) is 24.1 Å². The summed E-state index contributed by atoms with van der Waals surface area (Å²) in [6.07, 6.45) is 6.27. The van der Waals surface area contributed by atoms with Crippen LogP contribution in [0.25, 0.3) is 0 Å². The fourth-order valence-electron chi connectivity index (χ4n) is 3.41. The second-order valence-electron chi connectivity index (χ2n) is 10.2. The molecule has 1 aromatic rings. The summed E-state index contributed by atoms with van der Waals surface area (Å²) in [6, 6.07) is 4.44. The maximum Gasteiger partial charge on any atom is 0.408 e. The van der Waals surface area contributed by atoms with E-state index >= 15 is 0 Å². The summed E-state index contributed by atoms with van der Waals surface area (Å²) < 4.78 is 5.23. The summed E-state index contributed by atoms with van der Waals surface area (Å²) in [6.45, 7) is 9.98. The zero-order valence-corrected chi connectivity index (χ0v) is 20.3. The molecular weight excluding hydrogens is 422 g/mol. The van der Waals surface area contributed by atoms with Crippen molar-refractivity contribution in [3.05, 3.63) is 35.4 Å². The molecule has 180 valence electrons. The number of ether oxygens (including phenoxy) is 1. The van der Waals surface area contributed by atoms with Crippen molar-refractivity contribution in [2.75, 3.05) is 6.61 Å². The number of benzene rings is 1. The van der Waals surface area contributed by atoms with E-state index in [1.807, 2.05) is 20.8 Å². The van der Waals surface area contributed by atoms with Gasteiger partial charge in [-0.25, -0.2) is 4.79 Å². The van der Waals surface area contributed by atoms with Crippen LogP contribution in [0, 0.1) is 12.3 Å². The molecule has 1 aliphatic carbocycles. The van der Waals surface area contributed by atoms with E-state index in [1.165, 1.54) is 4.90 Å². The van der Waals surface area contributed by atoms with Crippen LogP contribution in [0.3, 0.4) is 0 Å². The molecule has 0 aromatic heterocycles. The molecule has 0 bridgehead atoms. The Labute approximate surface area is 196 Å². The number of nitrogens with zero attached hydrogens (tertiary/aromatic N) is 1. The Morgan fingerprint density at radius 3 is 2.27 bits per heavy atom. The van der Waals surface area contributed by atoms with Crippen molar-refractivity contribution in [1.29, 1.82) is 0 Å². The van der Waals surface area contributed by atoms with Gasteiger partial charge >= 0.3 is 6.09 Å². The van der Waals surface area contributed by atoms with Gasteiger partial charge < -0.3 is 25.4 Å². The molecule has 8 nitrogen and oxygen atoms in total. The molecule has 8 heteroatoms. The molecule has 0 aliphatic heterocycles. The molecule has 33 heavy (non-hydrogen) atoms. The van der Waals surface area contributed by atoms with Gasteiger partial charge in [-0.3, -0.25) is 9.59 Å². The number of aliphatic hydroxyl groups excluding tert-OH is 1. The van der Waals surface area contributed by atoms with Gasteiger partial charge in [0.1, 0.15) is 17.7 Å². The van der Waals surface area contributed by atoms with E-state index < -0.39 is 41.8 Å². The molecule has 1 fully saturated rings. The van der Waals surface area contributed by atoms with Gasteiger partial charge in [0.15, 0.2) is 0 Å². The van der Waals surface area contributed by atoms with Crippen molar-refractivity contribution in [2.24, 2.45) is 0 Å². The highest BCUT2D eigenvalue weighted by Gasteiger charge is 2.45. The fourth-order valence-corrected chi connectivity index (χ4v) is 3.41. The highest BCUT2D eigenvalue weighted by molar-refractivity contribution is 5.93. The minimum atomic E-state index is -1.27. The van der Waals surface area contributed by atoms with Gasteiger partial charge in [-0.15, -0.1) is 6.42 Å². The summed E-state index contributed by atoms with van der Waals surface area (Å²) in [5.41, 5.74) is -0.324. The van der Waals surface area contributed by atoms with Gasteiger partial charge in [0.2, 0.25) is 11.8 Å². The highest BCUT2D eigenvalue weighted by Crippen LogP contribution is 2.36. The summed E-state index contributed by atoms with van der Waals surface area (Å²) in [5.74, 6) is 1.62. The van der Waals surface area contributed by atoms with Crippen LogP contribution in [0.1, 0.15) is 71.6 Å². The van der Waals surface area contributed by atoms with Crippen LogP contribution in [-0.4, -0.2) is 57.7 Å². The number of hydrogen-bond donors (Lipinski definition) is 3. The third-order valence-corrected chi connectivity index (χ3v) is 4.80. The number of amides is 3. The summed E-state index contributed by atoms with van der Waals surface area (Å²) in [7, 11) is 0. The first kappa shape index (κ1) is 26.2. The van der Waals surface area contributed by atoms with Crippen molar-refractivity contribution in [1.82, 2.24) is 15.5 Å². The van der Waals surface area contributed by atoms with Crippen LogP contribution < -0.4 is 10.6 Å². The lowest BCUT2D eigenvalue weighted by atomic mass is 9.96. The molecule has 1 aliphatic rings. The Morgan fingerprint density at radius 2 is 1.79 bits per heavy atom. The summed E-state index contributed by atoms with van der Waals surface area (Å²) in [5, 5.41) is 15.3. The first-order valence-corrected chi connectivity index (χ1v) is 11.1. The number of alkyl carbamates (subject to hydrolysis) is 1. The number of rotatable bonds is 7. The second kappa shape index (κ2) is 10.3. The van der Waals surface area contributed by atoms with E-state index in [1.54, 1.807) is 45.0 Å². The van der Waals surface area contributed by atoms with Crippen LogP contribution >= 0.6 is 0 Å². The van der Waals surface area contributed by atoms with Gasteiger partial charge in [-0.2, -0.15) is 0 Å². The van der Waals surface area contributed by atoms with E-state index in [4.69, 9.17) is 11.2 Å². The zero-order chi connectivity index (χ0) is 25.0. The van der Waals surface area contributed by atoms with Crippen molar-refractivity contribution in [3.8, 4) is 12.3 Å². The number of carbonyl (C=O) groups is 3. The molecule has 0 radical (unpaired) electrons. The topological polar surface area (TPSA) is 108 Å². The Kier molecular flexibility index (Phi) is 8.15. The first-order chi connectivity index (χ1) is 15.3. The van der Waals surface area contributed by atoms with Crippen molar-refractivity contribution < 1.29 is 24.2 Å². The molecule has 2 rings (SSSR count). The molecule has 0 heterocycles. The van der Waals surface area contributed by atoms with Gasteiger partial charge in [-0.05, 0) is 66.0 Å². The maximum atomic E-state index is 13.6. The van der Waals surface area contributed by atoms with Crippen LogP contribution in [0.4, 0.5) is 4.79 Å². The van der Waals surface area contributed by atoms with E-state index in [-0.39, 0.29) is 11.9 Å². The molecule has 0 saturated heterocycles. The number of carbonyl (C=O) groups excluding carboxylic acids is 3. The average Bonchev–Trinajstić information content (AvgIpc) is 3.51. The molecule has 2 atom stereocenters. The Balaban J connectivity index is 2.46. The lowest BCUT2D eigenvalue weighted by Crippen LogP contribution is -2.56. The fraction of sp³-hybridized carbons (Fsp3) is 0.560. The standard InChI is InChI=1S/C25H35N3O5/c1-8-16-11-9-10-12-18(16)20(21(30)27-24(2,3)4)28(17-13-14-17)22(31)19(15-29)26-23(32)33-25(5,6)7/h1,9-12,17,19-20,29H,13-15H2,2-7H3,(H,26,32)(H,27,30). The van der Waals surface area contributed by atoms with Crippen molar-refractivity contribution in [2.45, 2.75) is 83.6 Å². The Morgan fingerprint density at radius 1 is 1.18 bits per heavy atom. The normalized spacial score (nSPS) is 15.6. The third-order valence-electron chi connectivity index (χ3n) is 4.80. The monoisotopic (exact) mass is 457 g/mol. The van der Waals surface area contributed by atoms with E-state index in [0.717, 1.165) is 0 Å². The quantitative estimate of drug-likeness (QED) is 0.545. The average molecular weight is 458 g/mol. The number of nitrogens with one attached hydrogen (secondary N) is 2. The molecule has 0 spiro atoms. The van der Waals surface area contributed by atoms with E-state index in [9.17, 15) is 19.5 Å². The maximum absolute atomic E-state index is 13.6. The third kappa shape index (κ3) is 7.50. The van der Waals surface area contributed by atoms with E-state index in [2.05, 4.69) is 16.6 Å². The van der Waals surface area contributed by atoms with Gasteiger partial charge in [0.05, 0.1) is 6.61 Å².